The number of aromatic nitrogens is 4. The maximum absolute atomic E-state index is 15.1. The van der Waals surface area contributed by atoms with Crippen LogP contribution in [0.4, 0.5) is 39.7 Å². The van der Waals surface area contributed by atoms with Crippen LogP contribution in [0.15, 0.2) is 59.2 Å². The third-order valence-corrected chi connectivity index (χ3v) is 6.84. The number of nitrogens with one attached hydrogen (secondary N) is 1. The number of aliphatic hydroxyl groups excluding tert-OH is 1. The molecular formula is C26H23F4N9O3. The predicted octanol–water partition coefficient (Wildman–Crippen LogP) is 4.55. The molecule has 4 heterocycles. The number of carbonyl (C=O) groups excluding carboxylic acids is 2. The molecule has 0 aliphatic carbocycles. The molecule has 4 aromatic rings. The van der Waals surface area contributed by atoms with Crippen LogP contribution < -0.4 is 11.1 Å². The fourth-order valence-corrected chi connectivity index (χ4v) is 4.79. The number of urea groups is 1. The zero-order valence-electron chi connectivity index (χ0n) is 21.7. The van der Waals surface area contributed by atoms with E-state index in [1.165, 1.54) is 24.5 Å². The zero-order valence-corrected chi connectivity index (χ0v) is 21.7. The molecule has 3 aromatic heterocycles. The summed E-state index contributed by atoms with van der Waals surface area (Å²) in [5.74, 6) is -1.38. The number of pyridine rings is 1. The van der Waals surface area contributed by atoms with Crippen LogP contribution in [0.1, 0.15) is 30.0 Å². The molecule has 4 N–H and O–H groups in total. The Morgan fingerprint density at radius 2 is 1.88 bits per heavy atom. The van der Waals surface area contributed by atoms with Crippen LogP contribution in [-0.4, -0.2) is 61.2 Å². The molecule has 16 heteroatoms. The normalized spacial score (nSPS) is 14.5. The average molecular weight is 586 g/mol. The van der Waals surface area contributed by atoms with E-state index in [2.05, 4.69) is 30.6 Å². The van der Waals surface area contributed by atoms with E-state index in [1.807, 2.05) is 6.07 Å². The van der Waals surface area contributed by atoms with Gasteiger partial charge in [0.1, 0.15) is 30.0 Å². The molecule has 0 radical (unpaired) electrons. The van der Waals surface area contributed by atoms with E-state index < -0.39 is 36.0 Å². The first-order chi connectivity index (χ1) is 20.0. The Labute approximate surface area is 234 Å². The van der Waals surface area contributed by atoms with Crippen molar-refractivity contribution in [1.82, 2.24) is 24.5 Å². The highest BCUT2D eigenvalue weighted by Crippen LogP contribution is 2.38. The van der Waals surface area contributed by atoms with Crippen molar-refractivity contribution in [2.75, 3.05) is 30.7 Å². The highest BCUT2D eigenvalue weighted by atomic mass is 19.4. The van der Waals surface area contributed by atoms with Crippen LogP contribution in [0.5, 0.6) is 0 Å². The van der Waals surface area contributed by atoms with Gasteiger partial charge in [-0.1, -0.05) is 11.2 Å². The molecular weight excluding hydrogens is 562 g/mol. The van der Waals surface area contributed by atoms with E-state index >= 15 is 4.39 Å². The maximum atomic E-state index is 15.1. The highest BCUT2D eigenvalue weighted by molar-refractivity contribution is 5.90. The standard InChI is InChI=1S/C26H23F4N9O3/c27-18-9-15(1-2-19(18)36-37-25(42)35-21-10-16(3-6-32-21)26(28,29)30)17-11-20(39-23(17)24(31)33-13-34-39)14-4-7-38(8-5-14)22(41)12-40/h1-3,6,9-11,13-14,40H,4-5,7-8,12H2,(H2,31,33,34)(H,32,35,42). The summed E-state index contributed by atoms with van der Waals surface area (Å²) in [6.07, 6.45) is -1.20. The molecule has 3 amide bonds. The number of nitrogens with two attached hydrogens (primary N) is 1. The fourth-order valence-electron chi connectivity index (χ4n) is 4.79. The molecule has 0 spiro atoms. The van der Waals surface area contributed by atoms with Gasteiger partial charge in [-0.25, -0.2) is 23.7 Å². The number of likely N-dealkylation sites (tertiary alicyclic amines) is 1. The van der Waals surface area contributed by atoms with E-state index in [1.54, 1.807) is 9.42 Å². The zero-order chi connectivity index (χ0) is 30.0. The Balaban J connectivity index is 1.37. The minimum Gasteiger partial charge on any atom is -0.387 e. The minimum absolute atomic E-state index is 0.00559. The van der Waals surface area contributed by atoms with Crippen molar-refractivity contribution < 1.29 is 32.3 Å². The number of rotatable bonds is 5. The highest BCUT2D eigenvalue weighted by Gasteiger charge is 2.31. The SMILES string of the molecule is Nc1ncnn2c(C3CCN(C(=O)CO)CC3)cc(-c3ccc(N=NC(=O)Nc4cc(C(F)(F)F)ccn4)c(F)c3)c12. The second kappa shape index (κ2) is 11.5. The smallest absolute Gasteiger partial charge is 0.387 e. The van der Waals surface area contributed by atoms with Crippen molar-refractivity contribution >= 4 is 34.8 Å². The van der Waals surface area contributed by atoms with Gasteiger partial charge in [0.15, 0.2) is 11.6 Å². The van der Waals surface area contributed by atoms with Crippen LogP contribution in [0, 0.1) is 5.82 Å². The number of piperidine rings is 1. The summed E-state index contributed by atoms with van der Waals surface area (Å²) in [5, 5.41) is 22.4. The number of azo groups is 1. The number of carbonyl (C=O) groups is 2. The molecule has 1 fully saturated rings. The lowest BCUT2D eigenvalue weighted by Crippen LogP contribution is -2.39. The quantitative estimate of drug-likeness (QED) is 0.229. The van der Waals surface area contributed by atoms with Gasteiger partial charge in [-0.05, 0) is 48.7 Å². The fraction of sp³-hybridized carbons (Fsp3) is 0.269. The molecule has 0 atom stereocenters. The number of amides is 3. The minimum atomic E-state index is -4.63. The summed E-state index contributed by atoms with van der Waals surface area (Å²) in [6.45, 7) is 0.364. The average Bonchev–Trinajstić information content (AvgIpc) is 3.37. The number of halogens is 4. The Morgan fingerprint density at radius 1 is 1.12 bits per heavy atom. The van der Waals surface area contributed by atoms with E-state index in [9.17, 15) is 22.8 Å². The van der Waals surface area contributed by atoms with Crippen molar-refractivity contribution in [3.05, 3.63) is 66.0 Å². The molecule has 0 unspecified atom stereocenters. The first-order valence-corrected chi connectivity index (χ1v) is 12.6. The van der Waals surface area contributed by atoms with Crippen LogP contribution in [-0.2, 0) is 11.0 Å². The summed E-state index contributed by atoms with van der Waals surface area (Å²) in [6, 6.07) is 6.06. The van der Waals surface area contributed by atoms with Gasteiger partial charge in [0, 0.05) is 36.5 Å². The summed E-state index contributed by atoms with van der Waals surface area (Å²) in [7, 11) is 0. The Hall–Kier alpha value is -4.99. The van der Waals surface area contributed by atoms with Crippen molar-refractivity contribution in [2.24, 2.45) is 10.2 Å². The second-order valence-electron chi connectivity index (χ2n) is 9.43. The number of aliphatic hydroxyl groups is 1. The monoisotopic (exact) mass is 585 g/mol. The molecule has 0 saturated carbocycles. The largest absolute Gasteiger partial charge is 0.416 e. The number of fused-ring (bicyclic) bond motifs is 1. The van der Waals surface area contributed by atoms with Gasteiger partial charge >= 0.3 is 12.2 Å². The Morgan fingerprint density at radius 3 is 2.57 bits per heavy atom. The lowest BCUT2D eigenvalue weighted by Gasteiger charge is -2.31. The van der Waals surface area contributed by atoms with Crippen molar-refractivity contribution in [1.29, 1.82) is 0 Å². The van der Waals surface area contributed by atoms with Crippen LogP contribution >= 0.6 is 0 Å². The first kappa shape index (κ1) is 28.5. The van der Waals surface area contributed by atoms with Crippen molar-refractivity contribution in [3.63, 3.8) is 0 Å². The number of nitrogen functional groups attached to an aromatic ring is 1. The van der Waals surface area contributed by atoms with E-state index in [4.69, 9.17) is 10.8 Å². The molecule has 0 bridgehead atoms. The van der Waals surface area contributed by atoms with Gasteiger partial charge in [-0.2, -0.15) is 18.3 Å². The van der Waals surface area contributed by atoms with E-state index in [0.29, 0.717) is 48.6 Å². The number of hydrogen-bond acceptors (Lipinski definition) is 8. The second-order valence-corrected chi connectivity index (χ2v) is 9.43. The number of anilines is 2. The van der Waals surface area contributed by atoms with E-state index in [-0.39, 0.29) is 23.3 Å². The Kier molecular flexibility index (Phi) is 7.80. The van der Waals surface area contributed by atoms with Crippen molar-refractivity contribution in [2.45, 2.75) is 24.9 Å². The summed E-state index contributed by atoms with van der Waals surface area (Å²) >= 11 is 0. The molecule has 1 aliphatic rings. The molecule has 12 nitrogen and oxygen atoms in total. The predicted molar refractivity (Wildman–Crippen MR) is 141 cm³/mol. The molecule has 42 heavy (non-hydrogen) atoms. The molecule has 5 rings (SSSR count). The van der Waals surface area contributed by atoms with Crippen molar-refractivity contribution in [3.8, 4) is 11.1 Å². The summed E-state index contributed by atoms with van der Waals surface area (Å²) in [5.41, 5.74) is 7.09. The topological polar surface area (TPSA) is 163 Å². The lowest BCUT2D eigenvalue weighted by atomic mass is 9.93. The number of benzene rings is 1. The van der Waals surface area contributed by atoms with E-state index in [0.717, 1.165) is 18.0 Å². The number of hydrogen-bond donors (Lipinski definition) is 3. The van der Waals surface area contributed by atoms with Gasteiger partial charge in [-0.15, -0.1) is 5.11 Å². The third-order valence-electron chi connectivity index (χ3n) is 6.84. The molecule has 1 aromatic carbocycles. The summed E-state index contributed by atoms with van der Waals surface area (Å²) < 4.78 is 55.3. The molecule has 218 valence electrons. The van der Waals surface area contributed by atoms with Gasteiger partial charge in [0.05, 0.1) is 5.56 Å². The van der Waals surface area contributed by atoms with Gasteiger partial charge < -0.3 is 15.7 Å². The number of nitrogens with zero attached hydrogens (tertiary/aromatic N) is 7. The van der Waals surface area contributed by atoms with Crippen LogP contribution in [0.25, 0.3) is 16.6 Å². The molecule has 1 saturated heterocycles. The first-order valence-electron chi connectivity index (χ1n) is 12.6. The van der Waals surface area contributed by atoms with Gasteiger partial charge in [0.25, 0.3) is 0 Å². The van der Waals surface area contributed by atoms with Gasteiger partial charge in [0.2, 0.25) is 5.91 Å². The summed E-state index contributed by atoms with van der Waals surface area (Å²) in [4.78, 5) is 33.2. The van der Waals surface area contributed by atoms with Crippen LogP contribution in [0.3, 0.4) is 0 Å². The van der Waals surface area contributed by atoms with Crippen LogP contribution in [0.2, 0.25) is 0 Å². The lowest BCUT2D eigenvalue weighted by molar-refractivity contribution is -0.137. The third kappa shape index (κ3) is 5.88. The Bertz CT molecular complexity index is 1680. The number of alkyl halides is 3. The van der Waals surface area contributed by atoms with Gasteiger partial charge in [-0.3, -0.25) is 10.1 Å². The molecule has 1 aliphatic heterocycles. The maximum Gasteiger partial charge on any atom is 0.416 e.